The smallest absolute Gasteiger partial charge is 0.330 e. The van der Waals surface area contributed by atoms with Crippen LogP contribution >= 0.6 is 0 Å². The first kappa shape index (κ1) is 28.4. The molecule has 0 radical (unpaired) electrons. The molecule has 0 fully saturated rings. The summed E-state index contributed by atoms with van der Waals surface area (Å²) in [5, 5.41) is 8.88. The first-order valence-corrected chi connectivity index (χ1v) is 11.5. The van der Waals surface area contributed by atoms with Gasteiger partial charge in [0.1, 0.15) is 0 Å². The molecule has 0 spiro atoms. The number of carboxylic acid groups (broad SMARTS) is 1. The summed E-state index contributed by atoms with van der Waals surface area (Å²) in [4.78, 5) is 10.8. The fourth-order valence-corrected chi connectivity index (χ4v) is 3.60. The number of rotatable bonds is 19. The lowest BCUT2D eigenvalue weighted by atomic mass is 9.99. The average Bonchev–Trinajstić information content (AvgIpc) is 2.61. The van der Waals surface area contributed by atoms with Gasteiger partial charge in [0.2, 0.25) is 0 Å². The number of carboxylic acids is 1. The fraction of sp³-hybridized carbons (Fsp3) is 0.880. The van der Waals surface area contributed by atoms with Gasteiger partial charge in [-0.25, -0.2) is 4.79 Å². The van der Waals surface area contributed by atoms with Crippen LogP contribution in [0.1, 0.15) is 137 Å². The van der Waals surface area contributed by atoms with E-state index in [-0.39, 0.29) is 7.43 Å². The Morgan fingerprint density at radius 2 is 1.07 bits per heavy atom. The van der Waals surface area contributed by atoms with E-state index in [0.29, 0.717) is 11.5 Å². The van der Waals surface area contributed by atoms with Gasteiger partial charge < -0.3 is 5.11 Å². The van der Waals surface area contributed by atoms with E-state index in [4.69, 9.17) is 5.11 Å². The van der Waals surface area contributed by atoms with Gasteiger partial charge >= 0.3 is 5.97 Å². The molecule has 2 nitrogen and oxygen atoms in total. The molecule has 162 valence electrons. The summed E-state index contributed by atoms with van der Waals surface area (Å²) >= 11 is 0. The summed E-state index contributed by atoms with van der Waals surface area (Å²) in [6.45, 7) is 6.09. The minimum atomic E-state index is -0.788. The molecular weight excluding hydrogens is 332 g/mol. The van der Waals surface area contributed by atoms with E-state index in [2.05, 4.69) is 13.8 Å². The first-order valence-electron chi connectivity index (χ1n) is 11.5. The van der Waals surface area contributed by atoms with Gasteiger partial charge in [-0.1, -0.05) is 130 Å². The molecule has 0 bridgehead atoms. The molecule has 0 aliphatic rings. The quantitative estimate of drug-likeness (QED) is 0.179. The maximum atomic E-state index is 10.8. The zero-order valence-corrected chi connectivity index (χ0v) is 18.0. The molecule has 0 saturated carbocycles. The van der Waals surface area contributed by atoms with Crippen LogP contribution in [0.4, 0.5) is 0 Å². The van der Waals surface area contributed by atoms with Gasteiger partial charge in [-0.3, -0.25) is 0 Å². The van der Waals surface area contributed by atoms with E-state index >= 15 is 0 Å². The Hall–Kier alpha value is -0.790. The normalized spacial score (nSPS) is 12.6. The molecule has 0 aromatic rings. The molecule has 0 rings (SSSR count). The van der Waals surface area contributed by atoms with E-state index in [9.17, 15) is 4.79 Å². The number of hydrogen-bond acceptors (Lipinski definition) is 1. The monoisotopic (exact) mass is 382 g/mol. The van der Waals surface area contributed by atoms with E-state index in [0.717, 1.165) is 6.42 Å². The lowest BCUT2D eigenvalue weighted by Crippen LogP contribution is -1.99. The Morgan fingerprint density at radius 1 is 0.741 bits per heavy atom. The van der Waals surface area contributed by atoms with Crippen LogP contribution in [0.2, 0.25) is 0 Å². The summed E-state index contributed by atoms with van der Waals surface area (Å²) < 4.78 is 0. The first-order chi connectivity index (χ1) is 12.6. The molecule has 0 aromatic heterocycles. The van der Waals surface area contributed by atoms with Gasteiger partial charge in [-0.05, 0) is 19.3 Å². The van der Waals surface area contributed by atoms with Gasteiger partial charge in [0.15, 0.2) is 0 Å². The Balaban J connectivity index is 0. The minimum Gasteiger partial charge on any atom is -0.478 e. The van der Waals surface area contributed by atoms with Gasteiger partial charge in [0, 0.05) is 5.57 Å². The zero-order chi connectivity index (χ0) is 19.5. The Morgan fingerprint density at radius 3 is 1.41 bits per heavy atom. The zero-order valence-electron chi connectivity index (χ0n) is 18.0. The fourth-order valence-electron chi connectivity index (χ4n) is 3.60. The van der Waals surface area contributed by atoms with Crippen molar-refractivity contribution in [3.8, 4) is 0 Å². The van der Waals surface area contributed by atoms with Gasteiger partial charge in [-0.2, -0.15) is 0 Å². The lowest BCUT2D eigenvalue weighted by Gasteiger charge is -2.07. The van der Waals surface area contributed by atoms with Crippen molar-refractivity contribution in [2.75, 3.05) is 0 Å². The molecule has 27 heavy (non-hydrogen) atoms. The average molecular weight is 383 g/mol. The summed E-state index contributed by atoms with van der Waals surface area (Å²) in [6, 6.07) is 0. The third-order valence-electron chi connectivity index (χ3n) is 5.38. The van der Waals surface area contributed by atoms with E-state index in [1.165, 1.54) is 103 Å². The summed E-state index contributed by atoms with van der Waals surface area (Å²) in [6.07, 6.45) is 25.3. The van der Waals surface area contributed by atoms with Crippen LogP contribution in [0, 0.1) is 5.92 Å². The molecule has 0 heterocycles. The number of hydrogen-bond donors (Lipinski definition) is 1. The van der Waals surface area contributed by atoms with Crippen molar-refractivity contribution in [2.24, 2.45) is 5.92 Å². The molecule has 1 N–H and O–H groups in total. The van der Waals surface area contributed by atoms with Crippen molar-refractivity contribution < 1.29 is 9.90 Å². The number of carbonyl (C=O) groups is 1. The Kier molecular flexibility index (Phi) is 22.6. The van der Waals surface area contributed by atoms with Crippen molar-refractivity contribution >= 4 is 5.97 Å². The summed E-state index contributed by atoms with van der Waals surface area (Å²) in [7, 11) is 0. The molecule has 0 unspecified atom stereocenters. The van der Waals surface area contributed by atoms with Gasteiger partial charge in [0.05, 0.1) is 0 Å². The highest BCUT2D eigenvalue weighted by Gasteiger charge is 2.04. The Labute approximate surface area is 171 Å². The van der Waals surface area contributed by atoms with Crippen LogP contribution in [0.3, 0.4) is 0 Å². The van der Waals surface area contributed by atoms with Crippen molar-refractivity contribution in [1.29, 1.82) is 0 Å². The van der Waals surface area contributed by atoms with E-state index in [1.807, 2.05) is 6.08 Å². The predicted molar refractivity (Wildman–Crippen MR) is 121 cm³/mol. The highest BCUT2D eigenvalue weighted by atomic mass is 16.4. The van der Waals surface area contributed by atoms with E-state index < -0.39 is 5.97 Å². The second-order valence-corrected chi connectivity index (χ2v) is 8.22. The second kappa shape index (κ2) is 21.5. The highest BCUT2D eigenvalue weighted by Crippen LogP contribution is 2.16. The molecule has 1 atom stereocenters. The topological polar surface area (TPSA) is 37.3 Å². The maximum Gasteiger partial charge on any atom is 0.330 e. The minimum absolute atomic E-state index is 0. The number of aliphatic carboxylic acids is 1. The van der Waals surface area contributed by atoms with Crippen molar-refractivity contribution in [3.63, 3.8) is 0 Å². The molecule has 0 aromatic carbocycles. The molecule has 0 saturated heterocycles. The van der Waals surface area contributed by atoms with Crippen molar-refractivity contribution in [3.05, 3.63) is 11.6 Å². The SMILES string of the molecule is C.CCCCCCCCCCCCCCCCCC[C@H](C)/C=C(\C)C(=O)O. The lowest BCUT2D eigenvalue weighted by molar-refractivity contribution is -0.132. The Bertz CT molecular complexity index is 346. The molecule has 0 aliphatic carbocycles. The number of allylic oxidation sites excluding steroid dienone is 1. The van der Waals surface area contributed by atoms with Crippen molar-refractivity contribution in [2.45, 2.75) is 137 Å². The summed E-state index contributed by atoms with van der Waals surface area (Å²) in [5.74, 6) is -0.401. The molecule has 0 amide bonds. The third kappa shape index (κ3) is 21.4. The van der Waals surface area contributed by atoms with Crippen LogP contribution in [-0.2, 0) is 4.79 Å². The standard InChI is InChI=1S/C24H46O2.CH4/c1-4-5-6-7-8-9-10-11-12-13-14-15-16-17-18-19-20-22(2)21-23(3)24(25)26;/h21-22H,4-20H2,1-3H3,(H,25,26);1H4/b23-21+;/t22-;/m0./s1. The highest BCUT2D eigenvalue weighted by molar-refractivity contribution is 5.85. The summed E-state index contributed by atoms with van der Waals surface area (Å²) in [5.41, 5.74) is 0.481. The third-order valence-corrected chi connectivity index (χ3v) is 5.38. The van der Waals surface area contributed by atoms with Gasteiger partial charge in [0.25, 0.3) is 0 Å². The largest absolute Gasteiger partial charge is 0.478 e. The van der Waals surface area contributed by atoms with Crippen LogP contribution < -0.4 is 0 Å². The maximum absolute atomic E-state index is 10.8. The molecular formula is C25H50O2. The predicted octanol–water partition coefficient (Wildman–Crippen LogP) is 8.94. The molecule has 0 aliphatic heterocycles. The number of unbranched alkanes of at least 4 members (excludes halogenated alkanes) is 15. The van der Waals surface area contributed by atoms with Gasteiger partial charge in [-0.15, -0.1) is 0 Å². The van der Waals surface area contributed by atoms with Crippen LogP contribution in [0.15, 0.2) is 11.6 Å². The second-order valence-electron chi connectivity index (χ2n) is 8.22. The molecule has 2 heteroatoms. The van der Waals surface area contributed by atoms with Crippen LogP contribution in [0.25, 0.3) is 0 Å². The van der Waals surface area contributed by atoms with Crippen LogP contribution in [0.5, 0.6) is 0 Å². The van der Waals surface area contributed by atoms with Crippen LogP contribution in [-0.4, -0.2) is 11.1 Å². The van der Waals surface area contributed by atoms with E-state index in [1.54, 1.807) is 6.92 Å². The van der Waals surface area contributed by atoms with Crippen molar-refractivity contribution in [1.82, 2.24) is 0 Å².